The number of quaternary nitrogens is 1. The first kappa shape index (κ1) is 16.9. The van der Waals surface area contributed by atoms with E-state index >= 15 is 0 Å². The van der Waals surface area contributed by atoms with Crippen molar-refractivity contribution < 1.29 is 19.7 Å². The van der Waals surface area contributed by atoms with E-state index in [1.807, 2.05) is 0 Å². The molecule has 1 rings (SSSR count). The van der Waals surface area contributed by atoms with Crippen LogP contribution < -0.4 is 15.3 Å². The number of aromatic carboxylic acids is 1. The minimum absolute atomic E-state index is 0.403. The Morgan fingerprint density at radius 3 is 2.52 bits per heavy atom. The molecule has 0 aliphatic rings. The van der Waals surface area contributed by atoms with Crippen molar-refractivity contribution in [1.29, 1.82) is 0 Å². The molecule has 2 N–H and O–H groups in total. The fraction of sp³-hybridized carbons (Fsp3) is 0.500. The number of anilines is 1. The van der Waals surface area contributed by atoms with Gasteiger partial charge in [-0.3, -0.25) is 10.1 Å². The van der Waals surface area contributed by atoms with Gasteiger partial charge in [0.25, 0.3) is 5.69 Å². The van der Waals surface area contributed by atoms with Crippen molar-refractivity contribution in [2.24, 2.45) is 0 Å². The normalized spacial score (nSPS) is 10.6. The van der Waals surface area contributed by atoms with Crippen molar-refractivity contribution >= 4 is 17.3 Å². The van der Waals surface area contributed by atoms with Gasteiger partial charge in [-0.05, 0) is 26.0 Å². The Morgan fingerprint density at radius 1 is 1.33 bits per heavy atom. The highest BCUT2D eigenvalue weighted by Crippen LogP contribution is 2.22. The van der Waals surface area contributed by atoms with E-state index in [0.29, 0.717) is 12.2 Å². The van der Waals surface area contributed by atoms with Crippen LogP contribution in [0, 0.1) is 10.1 Å². The van der Waals surface area contributed by atoms with Crippen molar-refractivity contribution in [3.63, 3.8) is 0 Å². The first-order valence-corrected chi connectivity index (χ1v) is 7.06. The summed E-state index contributed by atoms with van der Waals surface area (Å²) in [5.41, 5.74) is -0.304. The number of hydrogen-bond acceptors (Lipinski definition) is 5. The molecule has 21 heavy (non-hydrogen) atoms. The van der Waals surface area contributed by atoms with E-state index in [-0.39, 0.29) is 0 Å². The minimum atomic E-state index is -1.54. The first-order chi connectivity index (χ1) is 9.99. The third kappa shape index (κ3) is 5.03. The minimum Gasteiger partial charge on any atom is -0.545 e. The third-order valence-corrected chi connectivity index (χ3v) is 3.45. The molecule has 0 fully saturated rings. The van der Waals surface area contributed by atoms with Crippen LogP contribution in [0.3, 0.4) is 0 Å². The van der Waals surface area contributed by atoms with E-state index in [2.05, 4.69) is 19.2 Å². The van der Waals surface area contributed by atoms with Gasteiger partial charge in [-0.25, -0.2) is 0 Å². The van der Waals surface area contributed by atoms with E-state index in [1.54, 1.807) is 0 Å². The highest BCUT2D eigenvalue weighted by molar-refractivity contribution is 5.92. The molecular weight excluding hydrogens is 274 g/mol. The van der Waals surface area contributed by atoms with E-state index in [4.69, 9.17) is 0 Å². The topological polar surface area (TPSA) is 99.7 Å². The number of benzene rings is 1. The molecular formula is C14H21N3O4. The number of nitrogens with one attached hydrogen (secondary N) is 2. The van der Waals surface area contributed by atoms with E-state index in [9.17, 15) is 20.0 Å². The van der Waals surface area contributed by atoms with Crippen molar-refractivity contribution in [1.82, 2.24) is 0 Å². The lowest BCUT2D eigenvalue weighted by molar-refractivity contribution is -0.896. The van der Waals surface area contributed by atoms with Crippen LogP contribution in [0.15, 0.2) is 18.2 Å². The van der Waals surface area contributed by atoms with Gasteiger partial charge in [-0.2, -0.15) is 0 Å². The Morgan fingerprint density at radius 2 is 2.00 bits per heavy atom. The van der Waals surface area contributed by atoms with Crippen LogP contribution in [0.1, 0.15) is 30.6 Å². The van der Waals surface area contributed by atoms with Crippen molar-refractivity contribution in [2.45, 2.75) is 20.3 Å². The van der Waals surface area contributed by atoms with Crippen LogP contribution in [0.4, 0.5) is 11.4 Å². The quantitative estimate of drug-likeness (QED) is 0.370. The molecule has 0 unspecified atom stereocenters. The molecule has 0 spiro atoms. The summed E-state index contributed by atoms with van der Waals surface area (Å²) in [6.07, 6.45) is 0.939. The Bertz CT molecular complexity index is 501. The molecule has 0 saturated carbocycles. The summed E-state index contributed by atoms with van der Waals surface area (Å²) in [7, 11) is 0. The molecule has 0 aliphatic carbocycles. The van der Waals surface area contributed by atoms with Crippen LogP contribution in [0.2, 0.25) is 0 Å². The first-order valence-electron chi connectivity index (χ1n) is 7.06. The zero-order chi connectivity index (χ0) is 15.8. The summed E-state index contributed by atoms with van der Waals surface area (Å²) in [5, 5.41) is 24.7. The van der Waals surface area contributed by atoms with Crippen molar-refractivity contribution in [3.8, 4) is 0 Å². The fourth-order valence-corrected chi connectivity index (χ4v) is 2.14. The predicted molar refractivity (Wildman–Crippen MR) is 77.4 cm³/mol. The number of nitro groups is 1. The Hall–Kier alpha value is -2.15. The molecule has 0 aliphatic heterocycles. The molecule has 0 radical (unpaired) electrons. The van der Waals surface area contributed by atoms with Crippen LogP contribution in [0.25, 0.3) is 0 Å². The largest absolute Gasteiger partial charge is 0.545 e. The van der Waals surface area contributed by atoms with Crippen LogP contribution in [0.5, 0.6) is 0 Å². The molecule has 1 aromatic carbocycles. The van der Waals surface area contributed by atoms with E-state index in [0.717, 1.165) is 26.1 Å². The molecule has 0 heterocycles. The predicted octanol–water partition coefficient (Wildman–Crippen LogP) is -0.315. The van der Waals surface area contributed by atoms with Gasteiger partial charge in [0.05, 0.1) is 36.1 Å². The second-order valence-corrected chi connectivity index (χ2v) is 4.76. The summed E-state index contributed by atoms with van der Waals surface area (Å²) in [6, 6.07) is 3.94. The fourth-order valence-electron chi connectivity index (χ4n) is 2.14. The lowest BCUT2D eigenvalue weighted by Gasteiger charge is -2.15. The molecule has 116 valence electrons. The average Bonchev–Trinajstić information content (AvgIpc) is 2.47. The summed E-state index contributed by atoms with van der Waals surface area (Å²) >= 11 is 0. The summed E-state index contributed by atoms with van der Waals surface area (Å²) in [5.74, 6) is -1.54. The molecule has 0 aromatic heterocycles. The second-order valence-electron chi connectivity index (χ2n) is 4.76. The number of carbonyl (C=O) groups excluding carboxylic acids is 1. The number of carboxylic acid groups (broad SMARTS) is 1. The third-order valence-electron chi connectivity index (χ3n) is 3.45. The van der Waals surface area contributed by atoms with Gasteiger partial charge < -0.3 is 20.1 Å². The number of hydrogen-bond donors (Lipinski definition) is 2. The number of nitro benzene ring substituents is 1. The number of carbonyl (C=O) groups is 1. The van der Waals surface area contributed by atoms with Gasteiger partial charge in [-0.1, -0.05) is 0 Å². The highest BCUT2D eigenvalue weighted by atomic mass is 16.6. The zero-order valence-electron chi connectivity index (χ0n) is 12.3. The van der Waals surface area contributed by atoms with Gasteiger partial charge in [0, 0.05) is 24.7 Å². The Kier molecular flexibility index (Phi) is 6.61. The maximum absolute atomic E-state index is 10.9. The lowest BCUT2D eigenvalue weighted by Crippen LogP contribution is -3.11. The van der Waals surface area contributed by atoms with E-state index < -0.39 is 22.1 Å². The molecule has 0 bridgehead atoms. The maximum Gasteiger partial charge on any atom is 0.278 e. The number of rotatable bonds is 9. The van der Waals surface area contributed by atoms with Gasteiger partial charge in [0.15, 0.2) is 0 Å². The number of carboxylic acids is 1. The highest BCUT2D eigenvalue weighted by Gasteiger charge is 2.14. The van der Waals surface area contributed by atoms with Gasteiger partial charge in [0.2, 0.25) is 0 Å². The van der Waals surface area contributed by atoms with Crippen LogP contribution in [-0.4, -0.2) is 37.1 Å². The maximum atomic E-state index is 10.9. The van der Waals surface area contributed by atoms with Crippen molar-refractivity contribution in [2.75, 3.05) is 31.5 Å². The zero-order valence-corrected chi connectivity index (χ0v) is 12.3. The molecule has 7 nitrogen and oxygen atoms in total. The van der Waals surface area contributed by atoms with Gasteiger partial charge in [-0.15, -0.1) is 0 Å². The SMILES string of the molecule is CC[NH+](CC)CCCNc1ccc([N+](=O)[O-])c(C(=O)[O-])c1. The summed E-state index contributed by atoms with van der Waals surface area (Å²) in [4.78, 5) is 22.4. The second kappa shape index (κ2) is 8.21. The number of nitrogens with zero attached hydrogens (tertiary/aromatic N) is 1. The molecule has 0 atom stereocenters. The van der Waals surface area contributed by atoms with Crippen LogP contribution in [-0.2, 0) is 0 Å². The molecule has 1 aromatic rings. The monoisotopic (exact) mass is 295 g/mol. The molecule has 0 saturated heterocycles. The van der Waals surface area contributed by atoms with Gasteiger partial charge in [0.1, 0.15) is 0 Å². The van der Waals surface area contributed by atoms with Gasteiger partial charge >= 0.3 is 0 Å². The van der Waals surface area contributed by atoms with Crippen LogP contribution >= 0.6 is 0 Å². The summed E-state index contributed by atoms with van der Waals surface area (Å²) < 4.78 is 0. The molecule has 0 amide bonds. The van der Waals surface area contributed by atoms with Crippen molar-refractivity contribution in [3.05, 3.63) is 33.9 Å². The Labute approximate surface area is 123 Å². The standard InChI is InChI=1S/C14H21N3O4/c1-3-16(4-2)9-5-8-15-11-6-7-13(17(20)21)12(10-11)14(18)19/h6-7,10,15H,3-5,8-9H2,1-2H3,(H,18,19). The molecule has 7 heteroatoms. The Balaban J connectivity index is 2.62. The lowest BCUT2D eigenvalue weighted by atomic mass is 10.1. The average molecular weight is 295 g/mol. The smallest absolute Gasteiger partial charge is 0.278 e. The summed E-state index contributed by atoms with van der Waals surface area (Å²) in [6.45, 7) is 8.13. The van der Waals surface area contributed by atoms with E-state index in [1.165, 1.54) is 23.1 Å².